The summed E-state index contributed by atoms with van der Waals surface area (Å²) in [6.45, 7) is 0.0294. The summed E-state index contributed by atoms with van der Waals surface area (Å²) in [7, 11) is 1.58. The zero-order valence-electron chi connectivity index (χ0n) is 9.84. The maximum absolute atomic E-state index is 13.1. The number of anilines is 1. The molecule has 5 nitrogen and oxygen atoms in total. The van der Waals surface area contributed by atoms with E-state index in [0.717, 1.165) is 0 Å². The molecule has 0 bridgehead atoms. The molecule has 96 valence electrons. The SMILES string of the molecule is CN1CC(=O)N(c2cccc(F)c2)CC1C(=O)O. The van der Waals surface area contributed by atoms with E-state index in [1.54, 1.807) is 13.1 Å². The van der Waals surface area contributed by atoms with E-state index in [1.807, 2.05) is 0 Å². The molecule has 2 rings (SSSR count). The molecule has 1 heterocycles. The third-order valence-electron chi connectivity index (χ3n) is 2.98. The first kappa shape index (κ1) is 12.5. The van der Waals surface area contributed by atoms with Crippen LogP contribution in [0.5, 0.6) is 0 Å². The van der Waals surface area contributed by atoms with Gasteiger partial charge in [0.15, 0.2) is 0 Å². The van der Waals surface area contributed by atoms with E-state index in [4.69, 9.17) is 5.11 Å². The summed E-state index contributed by atoms with van der Waals surface area (Å²) < 4.78 is 13.1. The number of hydrogen-bond donors (Lipinski definition) is 1. The Kier molecular flexibility index (Phi) is 3.29. The second-order valence-corrected chi connectivity index (χ2v) is 4.25. The van der Waals surface area contributed by atoms with Gasteiger partial charge in [-0.2, -0.15) is 0 Å². The predicted molar refractivity (Wildman–Crippen MR) is 62.8 cm³/mol. The fourth-order valence-corrected chi connectivity index (χ4v) is 1.98. The summed E-state index contributed by atoms with van der Waals surface area (Å²) in [6.07, 6.45) is 0. The first-order chi connectivity index (χ1) is 8.49. The first-order valence-electron chi connectivity index (χ1n) is 5.48. The zero-order chi connectivity index (χ0) is 13.3. The fourth-order valence-electron chi connectivity index (χ4n) is 1.98. The standard InChI is InChI=1S/C12H13FN2O3/c1-14-7-11(16)15(6-10(14)12(17)18)9-4-2-3-8(13)5-9/h2-5,10H,6-7H2,1H3,(H,17,18). The molecule has 1 aromatic rings. The van der Waals surface area contributed by atoms with Crippen molar-refractivity contribution in [3.63, 3.8) is 0 Å². The molecule has 1 aliphatic rings. The van der Waals surface area contributed by atoms with Crippen LogP contribution in [-0.4, -0.2) is 48.1 Å². The molecule has 1 amide bonds. The van der Waals surface area contributed by atoms with Gasteiger partial charge in [-0.15, -0.1) is 0 Å². The minimum absolute atomic E-state index is 0.00742. The maximum Gasteiger partial charge on any atom is 0.322 e. The van der Waals surface area contributed by atoms with Crippen molar-refractivity contribution in [1.82, 2.24) is 4.90 Å². The second-order valence-electron chi connectivity index (χ2n) is 4.25. The Morgan fingerprint density at radius 3 is 2.83 bits per heavy atom. The Labute approximate surface area is 103 Å². The molecule has 1 unspecified atom stereocenters. The third-order valence-corrected chi connectivity index (χ3v) is 2.98. The smallest absolute Gasteiger partial charge is 0.322 e. The van der Waals surface area contributed by atoms with Gasteiger partial charge in [-0.3, -0.25) is 14.5 Å². The molecule has 1 fully saturated rings. The summed E-state index contributed by atoms with van der Waals surface area (Å²) >= 11 is 0. The second kappa shape index (κ2) is 4.73. The number of benzene rings is 1. The largest absolute Gasteiger partial charge is 0.480 e. The molecule has 1 N–H and O–H groups in total. The predicted octanol–water partition coefficient (Wildman–Crippen LogP) is 0.557. The van der Waals surface area contributed by atoms with Crippen LogP contribution in [0.3, 0.4) is 0 Å². The molecule has 1 atom stereocenters. The quantitative estimate of drug-likeness (QED) is 0.835. The molecule has 1 aliphatic heterocycles. The maximum atomic E-state index is 13.1. The van der Waals surface area contributed by atoms with Crippen LogP contribution in [-0.2, 0) is 9.59 Å². The highest BCUT2D eigenvalue weighted by molar-refractivity contribution is 5.97. The number of piperazine rings is 1. The number of rotatable bonds is 2. The number of likely N-dealkylation sites (N-methyl/N-ethyl adjacent to an activating group) is 1. The van der Waals surface area contributed by atoms with Gasteiger partial charge >= 0.3 is 5.97 Å². The van der Waals surface area contributed by atoms with Gasteiger partial charge in [0.05, 0.1) is 13.1 Å². The molecule has 0 saturated carbocycles. The van der Waals surface area contributed by atoms with Crippen molar-refractivity contribution in [2.75, 3.05) is 25.0 Å². The lowest BCUT2D eigenvalue weighted by Gasteiger charge is -2.36. The van der Waals surface area contributed by atoms with Gasteiger partial charge in [0, 0.05) is 5.69 Å². The van der Waals surface area contributed by atoms with Crippen molar-refractivity contribution < 1.29 is 19.1 Å². The van der Waals surface area contributed by atoms with Crippen LogP contribution in [0.4, 0.5) is 10.1 Å². The number of halogens is 1. The molecule has 1 aromatic carbocycles. The molecule has 0 radical (unpaired) electrons. The highest BCUT2D eigenvalue weighted by atomic mass is 19.1. The summed E-state index contributed by atoms with van der Waals surface area (Å²) in [5.74, 6) is -1.68. The van der Waals surface area contributed by atoms with Gasteiger partial charge in [0.2, 0.25) is 5.91 Å². The van der Waals surface area contributed by atoms with E-state index >= 15 is 0 Å². The number of carboxylic acid groups (broad SMARTS) is 1. The van der Waals surface area contributed by atoms with E-state index in [1.165, 1.54) is 28.0 Å². The average molecular weight is 252 g/mol. The van der Waals surface area contributed by atoms with Crippen LogP contribution < -0.4 is 4.90 Å². The average Bonchev–Trinajstić information content (AvgIpc) is 2.28. The summed E-state index contributed by atoms with van der Waals surface area (Å²) in [5.41, 5.74) is 0.388. The third kappa shape index (κ3) is 2.33. The van der Waals surface area contributed by atoms with E-state index < -0.39 is 17.8 Å². The van der Waals surface area contributed by atoms with Gasteiger partial charge < -0.3 is 10.0 Å². The molecule has 0 aliphatic carbocycles. The molecule has 1 saturated heterocycles. The van der Waals surface area contributed by atoms with E-state index in [0.29, 0.717) is 5.69 Å². The zero-order valence-corrected chi connectivity index (χ0v) is 9.84. The van der Waals surface area contributed by atoms with Crippen LogP contribution in [0, 0.1) is 5.82 Å². The first-order valence-corrected chi connectivity index (χ1v) is 5.48. The van der Waals surface area contributed by atoms with Crippen molar-refractivity contribution in [2.45, 2.75) is 6.04 Å². The van der Waals surface area contributed by atoms with Crippen LogP contribution in [0.2, 0.25) is 0 Å². The number of carbonyl (C=O) groups is 2. The van der Waals surface area contributed by atoms with Crippen LogP contribution >= 0.6 is 0 Å². The number of carboxylic acids is 1. The number of hydrogen-bond acceptors (Lipinski definition) is 3. The molecular weight excluding hydrogens is 239 g/mol. The molecule has 0 aromatic heterocycles. The van der Waals surface area contributed by atoms with Crippen molar-refractivity contribution in [3.8, 4) is 0 Å². The molecule has 6 heteroatoms. The van der Waals surface area contributed by atoms with Crippen LogP contribution in [0.25, 0.3) is 0 Å². The highest BCUT2D eigenvalue weighted by Crippen LogP contribution is 2.20. The van der Waals surface area contributed by atoms with E-state index in [9.17, 15) is 14.0 Å². The minimum atomic E-state index is -0.994. The normalized spacial score (nSPS) is 21.1. The number of amides is 1. The summed E-state index contributed by atoms with van der Waals surface area (Å²) in [4.78, 5) is 25.7. The number of carbonyl (C=O) groups excluding carboxylic acids is 1. The minimum Gasteiger partial charge on any atom is -0.480 e. The lowest BCUT2D eigenvalue weighted by Crippen LogP contribution is -2.57. The Bertz CT molecular complexity index is 492. The van der Waals surface area contributed by atoms with Crippen LogP contribution in [0.15, 0.2) is 24.3 Å². The van der Waals surface area contributed by atoms with Gasteiger partial charge in [-0.1, -0.05) is 6.07 Å². The van der Waals surface area contributed by atoms with Gasteiger partial charge in [-0.05, 0) is 25.2 Å². The number of nitrogens with zero attached hydrogens (tertiary/aromatic N) is 2. The van der Waals surface area contributed by atoms with Gasteiger partial charge in [0.25, 0.3) is 0 Å². The summed E-state index contributed by atoms with van der Waals surface area (Å²) in [6, 6.07) is 4.81. The lowest BCUT2D eigenvalue weighted by atomic mass is 10.1. The van der Waals surface area contributed by atoms with Crippen molar-refractivity contribution in [3.05, 3.63) is 30.1 Å². The Morgan fingerprint density at radius 2 is 2.22 bits per heavy atom. The van der Waals surface area contributed by atoms with E-state index in [-0.39, 0.29) is 19.0 Å². The van der Waals surface area contributed by atoms with E-state index in [2.05, 4.69) is 0 Å². The van der Waals surface area contributed by atoms with Gasteiger partial charge in [0.1, 0.15) is 11.9 Å². The topological polar surface area (TPSA) is 60.9 Å². The van der Waals surface area contributed by atoms with Crippen molar-refractivity contribution in [1.29, 1.82) is 0 Å². The monoisotopic (exact) mass is 252 g/mol. The number of aliphatic carboxylic acids is 1. The molecular formula is C12H13FN2O3. The Morgan fingerprint density at radius 1 is 1.50 bits per heavy atom. The summed E-state index contributed by atoms with van der Waals surface area (Å²) in [5, 5.41) is 9.06. The highest BCUT2D eigenvalue weighted by Gasteiger charge is 2.34. The Hall–Kier alpha value is -1.95. The van der Waals surface area contributed by atoms with Gasteiger partial charge in [-0.25, -0.2) is 4.39 Å². The van der Waals surface area contributed by atoms with Crippen molar-refractivity contribution >= 4 is 17.6 Å². The molecule has 18 heavy (non-hydrogen) atoms. The lowest BCUT2D eigenvalue weighted by molar-refractivity contribution is -0.144. The molecule has 0 spiro atoms. The van der Waals surface area contributed by atoms with Crippen LogP contribution in [0.1, 0.15) is 0 Å². The Balaban J connectivity index is 2.27. The fraction of sp³-hybridized carbons (Fsp3) is 0.333. The van der Waals surface area contributed by atoms with Crippen molar-refractivity contribution in [2.24, 2.45) is 0 Å².